The van der Waals surface area contributed by atoms with Gasteiger partial charge in [0, 0.05) is 0 Å². The predicted molar refractivity (Wildman–Crippen MR) is 128 cm³/mol. The molecule has 0 bridgehead atoms. The van der Waals surface area contributed by atoms with Gasteiger partial charge in [0.2, 0.25) is 0 Å². The highest BCUT2D eigenvalue weighted by atomic mass is 16.5. The summed E-state index contributed by atoms with van der Waals surface area (Å²) in [6, 6.07) is 7.07. The van der Waals surface area contributed by atoms with Crippen LogP contribution in [0.4, 0.5) is 0 Å². The monoisotopic (exact) mass is 423 g/mol. The molecule has 0 aromatic heterocycles. The van der Waals surface area contributed by atoms with Crippen LogP contribution in [0.25, 0.3) is 0 Å². The van der Waals surface area contributed by atoms with E-state index in [-0.39, 0.29) is 18.0 Å². The predicted octanol–water partition coefficient (Wildman–Crippen LogP) is 5.71. The Morgan fingerprint density at radius 1 is 1.19 bits per heavy atom. The summed E-state index contributed by atoms with van der Waals surface area (Å²) in [6.07, 6.45) is 5.25. The van der Waals surface area contributed by atoms with E-state index in [9.17, 15) is 4.79 Å². The second-order valence-electron chi connectivity index (χ2n) is 10.2. The van der Waals surface area contributed by atoms with E-state index in [1.165, 1.54) is 16.7 Å². The first-order chi connectivity index (χ1) is 14.8. The Morgan fingerprint density at radius 3 is 2.61 bits per heavy atom. The normalized spacial score (nSPS) is 27.3. The lowest BCUT2D eigenvalue weighted by Gasteiger charge is -2.54. The fraction of sp³-hybridized carbons (Fsp3) is 0.679. The lowest BCUT2D eigenvalue weighted by Crippen LogP contribution is -2.52. The molecule has 3 atom stereocenters. The molecule has 170 valence electrons. The Bertz CT molecular complexity index is 844. The third-order valence-electron chi connectivity index (χ3n) is 8.11. The molecular weight excluding hydrogens is 382 g/mol. The molecule has 0 aliphatic heterocycles. The summed E-state index contributed by atoms with van der Waals surface area (Å²) in [7, 11) is 0. The highest BCUT2D eigenvalue weighted by Crippen LogP contribution is 2.57. The summed E-state index contributed by atoms with van der Waals surface area (Å²) >= 11 is 0. The molecule has 3 rings (SSSR count). The number of nitrogens with zero attached hydrogens (tertiary/aromatic N) is 1. The summed E-state index contributed by atoms with van der Waals surface area (Å²) in [4.78, 5) is 15.5. The number of carbonyl (C=O) groups is 1. The molecule has 2 aliphatic carbocycles. The molecule has 0 heterocycles. The second kappa shape index (κ2) is 9.78. The SMILES string of the molecule is CCN(CC)CC#CCOC(=O)[C@]1(C)CCC[C@]2(C)c3ccc(C(C)C)cc3CC[C@@H]12. The van der Waals surface area contributed by atoms with Crippen LogP contribution >= 0.6 is 0 Å². The first-order valence-electron chi connectivity index (χ1n) is 12.2. The van der Waals surface area contributed by atoms with Crippen molar-refractivity contribution in [3.8, 4) is 11.8 Å². The number of hydrogen-bond acceptors (Lipinski definition) is 3. The number of carbonyl (C=O) groups excluding carboxylic acids is 1. The summed E-state index contributed by atoms with van der Waals surface area (Å²) in [5.41, 5.74) is 3.99. The highest BCUT2D eigenvalue weighted by Gasteiger charge is 2.55. The van der Waals surface area contributed by atoms with E-state index in [2.05, 4.69) is 76.5 Å². The molecule has 0 saturated heterocycles. The number of ether oxygens (including phenoxy) is 1. The van der Waals surface area contributed by atoms with Crippen LogP contribution in [-0.2, 0) is 21.4 Å². The average Bonchev–Trinajstić information content (AvgIpc) is 2.75. The fourth-order valence-corrected chi connectivity index (χ4v) is 6.05. The molecule has 3 heteroatoms. The lowest BCUT2D eigenvalue weighted by atomic mass is 9.49. The molecule has 2 aliphatic rings. The molecular formula is C28H41NO2. The van der Waals surface area contributed by atoms with Gasteiger partial charge in [-0.2, -0.15) is 0 Å². The Kier molecular flexibility index (Phi) is 7.53. The molecule has 1 aromatic carbocycles. The zero-order valence-electron chi connectivity index (χ0n) is 20.5. The van der Waals surface area contributed by atoms with Gasteiger partial charge in [0.05, 0.1) is 12.0 Å². The van der Waals surface area contributed by atoms with Crippen molar-refractivity contribution in [2.45, 2.75) is 85.0 Å². The largest absolute Gasteiger partial charge is 0.452 e. The van der Waals surface area contributed by atoms with E-state index < -0.39 is 5.41 Å². The van der Waals surface area contributed by atoms with E-state index in [1.54, 1.807) is 0 Å². The van der Waals surface area contributed by atoms with Crippen LogP contribution < -0.4 is 0 Å². The summed E-state index contributed by atoms with van der Waals surface area (Å²) in [5, 5.41) is 0. The first kappa shape index (κ1) is 23.9. The Balaban J connectivity index is 1.74. The van der Waals surface area contributed by atoms with Gasteiger partial charge in [-0.25, -0.2) is 0 Å². The van der Waals surface area contributed by atoms with Crippen LogP contribution in [0.1, 0.15) is 89.8 Å². The first-order valence-corrected chi connectivity index (χ1v) is 12.2. The van der Waals surface area contributed by atoms with Gasteiger partial charge in [-0.1, -0.05) is 71.1 Å². The van der Waals surface area contributed by atoms with Gasteiger partial charge < -0.3 is 4.74 Å². The van der Waals surface area contributed by atoms with E-state index in [1.807, 2.05) is 0 Å². The molecule has 0 radical (unpaired) electrons. The molecule has 31 heavy (non-hydrogen) atoms. The van der Waals surface area contributed by atoms with Gasteiger partial charge in [0.1, 0.15) is 0 Å². The number of rotatable bonds is 6. The van der Waals surface area contributed by atoms with Crippen molar-refractivity contribution >= 4 is 5.97 Å². The summed E-state index contributed by atoms with van der Waals surface area (Å²) < 4.78 is 5.74. The smallest absolute Gasteiger partial charge is 0.313 e. The maximum atomic E-state index is 13.3. The van der Waals surface area contributed by atoms with Crippen molar-refractivity contribution in [2.24, 2.45) is 11.3 Å². The van der Waals surface area contributed by atoms with Gasteiger partial charge in [-0.05, 0) is 79.6 Å². The van der Waals surface area contributed by atoms with Crippen molar-refractivity contribution in [1.82, 2.24) is 4.90 Å². The van der Waals surface area contributed by atoms with Crippen LogP contribution in [0.3, 0.4) is 0 Å². The maximum Gasteiger partial charge on any atom is 0.313 e. The minimum Gasteiger partial charge on any atom is -0.452 e. The molecule has 0 N–H and O–H groups in total. The van der Waals surface area contributed by atoms with Crippen molar-refractivity contribution in [3.63, 3.8) is 0 Å². The zero-order chi connectivity index (χ0) is 22.6. The van der Waals surface area contributed by atoms with Gasteiger partial charge in [0.25, 0.3) is 0 Å². The molecule has 0 spiro atoms. The van der Waals surface area contributed by atoms with Crippen LogP contribution in [0.2, 0.25) is 0 Å². The number of fused-ring (bicyclic) bond motifs is 3. The van der Waals surface area contributed by atoms with Crippen LogP contribution in [0, 0.1) is 23.2 Å². The van der Waals surface area contributed by atoms with Crippen LogP contribution in [-0.4, -0.2) is 37.1 Å². The second-order valence-corrected chi connectivity index (χ2v) is 10.2. The lowest BCUT2D eigenvalue weighted by molar-refractivity contribution is -0.163. The molecule has 0 amide bonds. The van der Waals surface area contributed by atoms with Gasteiger partial charge in [-0.3, -0.25) is 9.69 Å². The van der Waals surface area contributed by atoms with Crippen molar-refractivity contribution in [3.05, 3.63) is 34.9 Å². The van der Waals surface area contributed by atoms with E-state index in [0.29, 0.717) is 11.8 Å². The van der Waals surface area contributed by atoms with Crippen molar-refractivity contribution < 1.29 is 9.53 Å². The van der Waals surface area contributed by atoms with Crippen molar-refractivity contribution in [2.75, 3.05) is 26.2 Å². The maximum absolute atomic E-state index is 13.3. The number of hydrogen-bond donors (Lipinski definition) is 0. The van der Waals surface area contributed by atoms with E-state index in [0.717, 1.165) is 51.7 Å². The highest BCUT2D eigenvalue weighted by molar-refractivity contribution is 5.77. The quantitative estimate of drug-likeness (QED) is 0.434. The number of benzene rings is 1. The van der Waals surface area contributed by atoms with Gasteiger partial charge in [0.15, 0.2) is 6.61 Å². The standard InChI is InChI=1S/C28H41NO2/c1-7-29(8-2)18-9-10-19-31-26(30)28(6)17-11-16-27(5)24-14-12-22(21(3)4)20-23(24)13-15-25(27)28/h12,14,20-21,25H,7-8,11,13,15-19H2,1-6H3/t25-,27-,28-/m1/s1. The third kappa shape index (κ3) is 4.70. The fourth-order valence-electron chi connectivity index (χ4n) is 6.05. The van der Waals surface area contributed by atoms with Crippen molar-refractivity contribution in [1.29, 1.82) is 0 Å². The Morgan fingerprint density at radius 2 is 1.94 bits per heavy atom. The number of aryl methyl sites for hydroxylation is 1. The third-order valence-corrected chi connectivity index (χ3v) is 8.11. The molecule has 1 aromatic rings. The molecule has 0 unspecified atom stereocenters. The van der Waals surface area contributed by atoms with Gasteiger partial charge in [-0.15, -0.1) is 0 Å². The summed E-state index contributed by atoms with van der Waals surface area (Å²) in [6.45, 7) is 16.2. The topological polar surface area (TPSA) is 29.5 Å². The number of esters is 1. The average molecular weight is 424 g/mol. The van der Waals surface area contributed by atoms with Crippen LogP contribution in [0.5, 0.6) is 0 Å². The molecule has 1 saturated carbocycles. The molecule has 1 fully saturated rings. The molecule has 3 nitrogen and oxygen atoms in total. The minimum absolute atomic E-state index is 0.0452. The van der Waals surface area contributed by atoms with Gasteiger partial charge >= 0.3 is 5.97 Å². The van der Waals surface area contributed by atoms with E-state index in [4.69, 9.17) is 4.74 Å². The zero-order valence-corrected chi connectivity index (χ0v) is 20.5. The minimum atomic E-state index is -0.429. The Labute approximate surface area is 189 Å². The Hall–Kier alpha value is -1.79. The van der Waals surface area contributed by atoms with E-state index >= 15 is 0 Å². The summed E-state index contributed by atoms with van der Waals surface area (Å²) in [5.74, 6) is 7.01. The van der Waals surface area contributed by atoms with Crippen LogP contribution in [0.15, 0.2) is 18.2 Å².